The molecule has 19 heavy (non-hydrogen) atoms. The van der Waals surface area contributed by atoms with E-state index in [2.05, 4.69) is 15.9 Å². The number of ether oxygens (including phenoxy) is 1. The van der Waals surface area contributed by atoms with Crippen molar-refractivity contribution in [2.24, 2.45) is 5.73 Å². The number of hydrogen-bond donors (Lipinski definition) is 1. The van der Waals surface area contributed by atoms with Crippen molar-refractivity contribution in [1.82, 2.24) is 4.90 Å². The van der Waals surface area contributed by atoms with Gasteiger partial charge in [0.1, 0.15) is 5.75 Å². The second kappa shape index (κ2) is 6.39. The van der Waals surface area contributed by atoms with Crippen LogP contribution in [0.4, 0.5) is 0 Å². The SMILES string of the molecule is COc1ccc(Br)cc1CCC(=O)N1CC[C@H](N)C1. The van der Waals surface area contributed by atoms with Crippen LogP contribution < -0.4 is 10.5 Å². The summed E-state index contributed by atoms with van der Waals surface area (Å²) in [7, 11) is 1.65. The zero-order chi connectivity index (χ0) is 13.8. The lowest BCUT2D eigenvalue weighted by atomic mass is 10.1. The van der Waals surface area contributed by atoms with Crippen molar-refractivity contribution in [3.63, 3.8) is 0 Å². The third kappa shape index (κ3) is 3.70. The molecule has 1 atom stereocenters. The van der Waals surface area contributed by atoms with Gasteiger partial charge in [0.25, 0.3) is 0 Å². The molecule has 5 heteroatoms. The minimum absolute atomic E-state index is 0.143. The van der Waals surface area contributed by atoms with E-state index in [1.54, 1.807) is 7.11 Å². The number of carbonyl (C=O) groups excluding carboxylic acids is 1. The second-order valence-electron chi connectivity index (χ2n) is 4.84. The Morgan fingerprint density at radius 2 is 2.37 bits per heavy atom. The molecule has 1 saturated heterocycles. The van der Waals surface area contributed by atoms with E-state index in [-0.39, 0.29) is 11.9 Å². The molecule has 0 saturated carbocycles. The van der Waals surface area contributed by atoms with Gasteiger partial charge in [-0.3, -0.25) is 4.79 Å². The molecule has 2 N–H and O–H groups in total. The van der Waals surface area contributed by atoms with Crippen molar-refractivity contribution in [3.05, 3.63) is 28.2 Å². The Labute approximate surface area is 122 Å². The molecule has 1 aliphatic heterocycles. The predicted octanol–water partition coefficient (Wildman–Crippen LogP) is 1.95. The maximum atomic E-state index is 12.1. The van der Waals surface area contributed by atoms with Crippen molar-refractivity contribution in [2.75, 3.05) is 20.2 Å². The molecule has 1 aromatic carbocycles. The van der Waals surface area contributed by atoms with Crippen LogP contribution in [-0.2, 0) is 11.2 Å². The van der Waals surface area contributed by atoms with Crippen LogP contribution in [-0.4, -0.2) is 37.0 Å². The Bertz CT molecular complexity index is 465. The number of methoxy groups -OCH3 is 1. The summed E-state index contributed by atoms with van der Waals surface area (Å²) in [4.78, 5) is 13.9. The minimum atomic E-state index is 0.143. The molecule has 1 heterocycles. The Kier molecular flexibility index (Phi) is 4.82. The van der Waals surface area contributed by atoms with Crippen LogP contribution in [0.5, 0.6) is 5.75 Å². The molecule has 0 aliphatic carbocycles. The van der Waals surface area contributed by atoms with Gasteiger partial charge < -0.3 is 15.4 Å². The highest BCUT2D eigenvalue weighted by Crippen LogP contribution is 2.24. The third-order valence-electron chi connectivity index (χ3n) is 3.43. The Balaban J connectivity index is 1.95. The van der Waals surface area contributed by atoms with Gasteiger partial charge in [0.2, 0.25) is 5.91 Å². The topological polar surface area (TPSA) is 55.6 Å². The normalized spacial score (nSPS) is 18.7. The van der Waals surface area contributed by atoms with Crippen molar-refractivity contribution in [1.29, 1.82) is 0 Å². The minimum Gasteiger partial charge on any atom is -0.496 e. The van der Waals surface area contributed by atoms with E-state index in [1.807, 2.05) is 23.1 Å². The van der Waals surface area contributed by atoms with E-state index in [9.17, 15) is 4.79 Å². The Morgan fingerprint density at radius 3 is 3.00 bits per heavy atom. The van der Waals surface area contributed by atoms with Crippen LogP contribution in [0.25, 0.3) is 0 Å². The number of rotatable bonds is 4. The standard InChI is InChI=1S/C14H19BrN2O2/c1-19-13-4-3-11(15)8-10(13)2-5-14(18)17-7-6-12(16)9-17/h3-4,8,12H,2,5-7,9,16H2,1H3/t12-/m0/s1. The highest BCUT2D eigenvalue weighted by molar-refractivity contribution is 9.10. The molecule has 104 valence electrons. The highest BCUT2D eigenvalue weighted by atomic mass is 79.9. The number of hydrogen-bond acceptors (Lipinski definition) is 3. The third-order valence-corrected chi connectivity index (χ3v) is 3.92. The van der Waals surface area contributed by atoms with Gasteiger partial charge in [-0.2, -0.15) is 0 Å². The van der Waals surface area contributed by atoms with Crippen molar-refractivity contribution in [2.45, 2.75) is 25.3 Å². The maximum Gasteiger partial charge on any atom is 0.222 e. The van der Waals surface area contributed by atoms with E-state index in [0.717, 1.165) is 28.8 Å². The number of nitrogens with two attached hydrogens (primary N) is 1. The van der Waals surface area contributed by atoms with Crippen molar-refractivity contribution in [3.8, 4) is 5.75 Å². The molecule has 0 aromatic heterocycles. The first-order chi connectivity index (χ1) is 9.10. The van der Waals surface area contributed by atoms with Gasteiger partial charge in [0.15, 0.2) is 0 Å². The van der Waals surface area contributed by atoms with Gasteiger partial charge in [-0.25, -0.2) is 0 Å². The second-order valence-corrected chi connectivity index (χ2v) is 5.76. The van der Waals surface area contributed by atoms with Gasteiger partial charge in [0, 0.05) is 30.0 Å². The monoisotopic (exact) mass is 326 g/mol. The van der Waals surface area contributed by atoms with Crippen LogP contribution >= 0.6 is 15.9 Å². The van der Waals surface area contributed by atoms with E-state index in [1.165, 1.54) is 0 Å². The molecular weight excluding hydrogens is 308 g/mol. The number of benzene rings is 1. The van der Waals surface area contributed by atoms with Crippen LogP contribution in [0.2, 0.25) is 0 Å². The van der Waals surface area contributed by atoms with Crippen LogP contribution in [0, 0.1) is 0 Å². The zero-order valence-corrected chi connectivity index (χ0v) is 12.6. The fourth-order valence-electron chi connectivity index (χ4n) is 2.36. The van der Waals surface area contributed by atoms with E-state index in [4.69, 9.17) is 10.5 Å². The van der Waals surface area contributed by atoms with Crippen molar-refractivity contribution < 1.29 is 9.53 Å². The number of nitrogens with zero attached hydrogens (tertiary/aromatic N) is 1. The first-order valence-corrected chi connectivity index (χ1v) is 7.25. The first-order valence-electron chi connectivity index (χ1n) is 6.46. The van der Waals surface area contributed by atoms with Gasteiger partial charge in [0.05, 0.1) is 7.11 Å². The number of amides is 1. The molecule has 1 amide bonds. The van der Waals surface area contributed by atoms with Crippen LogP contribution in [0.1, 0.15) is 18.4 Å². The Morgan fingerprint density at radius 1 is 1.58 bits per heavy atom. The lowest BCUT2D eigenvalue weighted by Crippen LogP contribution is -2.32. The molecule has 0 bridgehead atoms. The average molecular weight is 327 g/mol. The van der Waals surface area contributed by atoms with Gasteiger partial charge in [-0.1, -0.05) is 15.9 Å². The summed E-state index contributed by atoms with van der Waals surface area (Å²) in [5.74, 6) is 1.00. The number of aryl methyl sites for hydroxylation is 1. The molecule has 0 radical (unpaired) electrons. The number of halogens is 1. The summed E-state index contributed by atoms with van der Waals surface area (Å²) >= 11 is 3.44. The quantitative estimate of drug-likeness (QED) is 0.920. The summed E-state index contributed by atoms with van der Waals surface area (Å²) in [6, 6.07) is 5.99. The molecule has 1 fully saturated rings. The zero-order valence-electron chi connectivity index (χ0n) is 11.1. The molecule has 4 nitrogen and oxygen atoms in total. The van der Waals surface area contributed by atoms with Crippen molar-refractivity contribution >= 4 is 21.8 Å². The van der Waals surface area contributed by atoms with E-state index < -0.39 is 0 Å². The molecule has 0 spiro atoms. The summed E-state index contributed by atoms with van der Waals surface area (Å²) < 4.78 is 6.31. The molecule has 2 rings (SSSR count). The lowest BCUT2D eigenvalue weighted by Gasteiger charge is -2.16. The fraction of sp³-hybridized carbons (Fsp3) is 0.500. The van der Waals surface area contributed by atoms with E-state index in [0.29, 0.717) is 19.4 Å². The molecule has 1 aromatic rings. The fourth-order valence-corrected chi connectivity index (χ4v) is 2.76. The maximum absolute atomic E-state index is 12.1. The average Bonchev–Trinajstić information content (AvgIpc) is 2.83. The summed E-state index contributed by atoms with van der Waals surface area (Å²) in [5, 5.41) is 0. The molecule has 1 aliphatic rings. The predicted molar refractivity (Wildman–Crippen MR) is 78.2 cm³/mol. The highest BCUT2D eigenvalue weighted by Gasteiger charge is 2.23. The summed E-state index contributed by atoms with van der Waals surface area (Å²) in [5.41, 5.74) is 6.87. The first kappa shape index (κ1) is 14.3. The van der Waals surface area contributed by atoms with Crippen LogP contribution in [0.15, 0.2) is 22.7 Å². The van der Waals surface area contributed by atoms with Gasteiger partial charge in [-0.05, 0) is 36.6 Å². The smallest absolute Gasteiger partial charge is 0.222 e. The van der Waals surface area contributed by atoms with Gasteiger partial charge >= 0.3 is 0 Å². The molecular formula is C14H19BrN2O2. The summed E-state index contributed by atoms with van der Waals surface area (Å²) in [6.07, 6.45) is 2.10. The Hall–Kier alpha value is -1.07. The van der Waals surface area contributed by atoms with Crippen LogP contribution in [0.3, 0.4) is 0 Å². The summed E-state index contributed by atoms with van der Waals surface area (Å²) in [6.45, 7) is 1.48. The van der Waals surface area contributed by atoms with Gasteiger partial charge in [-0.15, -0.1) is 0 Å². The number of likely N-dealkylation sites (tertiary alicyclic amines) is 1. The molecule has 0 unspecified atom stereocenters. The lowest BCUT2D eigenvalue weighted by molar-refractivity contribution is -0.130. The largest absolute Gasteiger partial charge is 0.496 e. The van der Waals surface area contributed by atoms with E-state index >= 15 is 0 Å². The number of carbonyl (C=O) groups is 1.